The van der Waals surface area contributed by atoms with E-state index < -0.39 is 0 Å². The number of H-pyrrole nitrogens is 1. The lowest BCUT2D eigenvalue weighted by molar-refractivity contribution is -0.129. The molecule has 6 heteroatoms. The summed E-state index contributed by atoms with van der Waals surface area (Å²) in [7, 11) is 0. The molecule has 1 atom stereocenters. The predicted molar refractivity (Wildman–Crippen MR) is 98.6 cm³/mol. The van der Waals surface area contributed by atoms with Crippen LogP contribution in [0.4, 0.5) is 4.39 Å². The Bertz CT molecular complexity index is 987. The van der Waals surface area contributed by atoms with Crippen LogP contribution in [-0.4, -0.2) is 38.7 Å². The SMILES string of the molecule is Cc1cc(C)n(C2CCN(C(=O)Cc3c(C)[nH]c4c(F)cccc34)C2)n1. The number of halogens is 1. The summed E-state index contributed by atoms with van der Waals surface area (Å²) in [5.41, 5.74) is 4.36. The van der Waals surface area contributed by atoms with Gasteiger partial charge in [-0.15, -0.1) is 0 Å². The van der Waals surface area contributed by atoms with Crippen molar-refractivity contribution in [2.75, 3.05) is 13.1 Å². The highest BCUT2D eigenvalue weighted by Crippen LogP contribution is 2.27. The van der Waals surface area contributed by atoms with Gasteiger partial charge in [-0.1, -0.05) is 12.1 Å². The van der Waals surface area contributed by atoms with Crippen LogP contribution in [0.1, 0.15) is 35.1 Å². The van der Waals surface area contributed by atoms with Gasteiger partial charge in [0.25, 0.3) is 0 Å². The first kappa shape index (κ1) is 16.8. The predicted octanol–water partition coefficient (Wildman–Crippen LogP) is 3.44. The highest BCUT2D eigenvalue weighted by Gasteiger charge is 2.29. The van der Waals surface area contributed by atoms with Crippen molar-refractivity contribution in [3.05, 3.63) is 52.7 Å². The van der Waals surface area contributed by atoms with E-state index in [9.17, 15) is 9.18 Å². The van der Waals surface area contributed by atoms with Crippen molar-refractivity contribution in [1.29, 1.82) is 0 Å². The molecule has 1 fully saturated rings. The van der Waals surface area contributed by atoms with Crippen LogP contribution < -0.4 is 0 Å². The molecule has 1 aliphatic heterocycles. The van der Waals surface area contributed by atoms with Gasteiger partial charge in [-0.2, -0.15) is 5.10 Å². The number of nitrogens with one attached hydrogen (secondary N) is 1. The van der Waals surface area contributed by atoms with E-state index in [0.717, 1.165) is 41.0 Å². The Balaban J connectivity index is 1.52. The zero-order chi connectivity index (χ0) is 18.4. The minimum Gasteiger partial charge on any atom is -0.356 e. The molecule has 4 rings (SSSR count). The first-order valence-electron chi connectivity index (χ1n) is 9.00. The van der Waals surface area contributed by atoms with Crippen molar-refractivity contribution in [2.24, 2.45) is 0 Å². The average Bonchev–Trinajstić information content (AvgIpc) is 3.27. The monoisotopic (exact) mass is 354 g/mol. The van der Waals surface area contributed by atoms with Crippen LogP contribution in [0, 0.1) is 26.6 Å². The minimum atomic E-state index is -0.282. The summed E-state index contributed by atoms with van der Waals surface area (Å²) in [6, 6.07) is 7.28. The van der Waals surface area contributed by atoms with Crippen molar-refractivity contribution < 1.29 is 9.18 Å². The molecule has 1 aliphatic rings. The number of benzene rings is 1. The normalized spacial score (nSPS) is 17.4. The summed E-state index contributed by atoms with van der Waals surface area (Å²) in [4.78, 5) is 17.8. The Hall–Kier alpha value is -2.63. The van der Waals surface area contributed by atoms with Crippen LogP contribution in [0.15, 0.2) is 24.3 Å². The zero-order valence-electron chi connectivity index (χ0n) is 15.3. The van der Waals surface area contributed by atoms with Gasteiger partial charge in [-0.05, 0) is 44.9 Å². The summed E-state index contributed by atoms with van der Waals surface area (Å²) in [5, 5.41) is 5.35. The van der Waals surface area contributed by atoms with Gasteiger partial charge in [0.2, 0.25) is 5.91 Å². The van der Waals surface area contributed by atoms with Gasteiger partial charge in [0.05, 0.1) is 23.7 Å². The van der Waals surface area contributed by atoms with Crippen molar-refractivity contribution in [3.63, 3.8) is 0 Å². The number of carbonyl (C=O) groups excluding carboxylic acids is 1. The topological polar surface area (TPSA) is 53.9 Å². The zero-order valence-corrected chi connectivity index (χ0v) is 15.3. The van der Waals surface area contributed by atoms with Gasteiger partial charge in [0.15, 0.2) is 0 Å². The van der Waals surface area contributed by atoms with Gasteiger partial charge >= 0.3 is 0 Å². The van der Waals surface area contributed by atoms with Gasteiger partial charge in [0, 0.05) is 29.9 Å². The van der Waals surface area contributed by atoms with Gasteiger partial charge < -0.3 is 9.88 Å². The second kappa shape index (κ2) is 6.27. The molecule has 5 nitrogen and oxygen atoms in total. The number of hydrogen-bond donors (Lipinski definition) is 1. The molecule has 0 radical (unpaired) electrons. The maximum atomic E-state index is 14.0. The summed E-state index contributed by atoms with van der Waals surface area (Å²) in [6.45, 7) is 7.34. The van der Waals surface area contributed by atoms with Gasteiger partial charge in [-0.3, -0.25) is 9.48 Å². The van der Waals surface area contributed by atoms with Crippen LogP contribution in [0.2, 0.25) is 0 Å². The maximum absolute atomic E-state index is 14.0. The number of hydrogen-bond acceptors (Lipinski definition) is 2. The number of aromatic amines is 1. The molecule has 1 amide bonds. The molecule has 2 aromatic heterocycles. The molecule has 26 heavy (non-hydrogen) atoms. The lowest BCUT2D eigenvalue weighted by Crippen LogP contribution is -2.30. The number of nitrogens with zero attached hydrogens (tertiary/aromatic N) is 3. The quantitative estimate of drug-likeness (QED) is 0.783. The average molecular weight is 354 g/mol. The van der Waals surface area contributed by atoms with E-state index in [-0.39, 0.29) is 17.8 Å². The van der Waals surface area contributed by atoms with Crippen LogP contribution in [0.3, 0.4) is 0 Å². The third kappa shape index (κ3) is 2.79. The third-order valence-corrected chi connectivity index (χ3v) is 5.34. The lowest BCUT2D eigenvalue weighted by atomic mass is 10.1. The van der Waals surface area contributed by atoms with Crippen LogP contribution in [0.5, 0.6) is 0 Å². The number of fused-ring (bicyclic) bond motifs is 1. The van der Waals surface area contributed by atoms with Gasteiger partial charge in [0.1, 0.15) is 5.82 Å². The highest BCUT2D eigenvalue weighted by atomic mass is 19.1. The van der Waals surface area contributed by atoms with Crippen LogP contribution in [0.25, 0.3) is 10.9 Å². The molecule has 1 N–H and O–H groups in total. The standard InChI is InChI=1S/C20H23FN4O/c1-12-9-13(2)25(23-12)15-7-8-24(11-15)19(26)10-17-14(3)22-20-16(17)5-4-6-18(20)21/h4-6,9,15,22H,7-8,10-11H2,1-3H3. The molecule has 1 aromatic carbocycles. The molecule has 1 unspecified atom stereocenters. The molecule has 0 spiro atoms. The van der Waals surface area contributed by atoms with Crippen LogP contribution in [-0.2, 0) is 11.2 Å². The Morgan fingerprint density at radius 1 is 1.35 bits per heavy atom. The second-order valence-corrected chi connectivity index (χ2v) is 7.22. The molecule has 0 bridgehead atoms. The second-order valence-electron chi connectivity index (χ2n) is 7.22. The van der Waals surface area contributed by atoms with E-state index in [1.807, 2.05) is 36.4 Å². The fraction of sp³-hybridized carbons (Fsp3) is 0.400. The Kier molecular flexibility index (Phi) is 4.05. The fourth-order valence-electron chi connectivity index (χ4n) is 4.04. The molecular weight excluding hydrogens is 331 g/mol. The number of amides is 1. The highest BCUT2D eigenvalue weighted by molar-refractivity contribution is 5.90. The molecule has 136 valence electrons. The Labute approximate surface area is 151 Å². The van der Waals surface area contributed by atoms with Gasteiger partial charge in [-0.25, -0.2) is 4.39 Å². The smallest absolute Gasteiger partial charge is 0.227 e. The third-order valence-electron chi connectivity index (χ3n) is 5.34. The number of carbonyl (C=O) groups is 1. The van der Waals surface area contributed by atoms with E-state index in [1.165, 1.54) is 6.07 Å². The first-order valence-corrected chi connectivity index (χ1v) is 9.00. The minimum absolute atomic E-state index is 0.0855. The fourth-order valence-corrected chi connectivity index (χ4v) is 4.04. The number of aryl methyl sites for hydroxylation is 3. The Morgan fingerprint density at radius 3 is 2.88 bits per heavy atom. The molecule has 3 heterocycles. The lowest BCUT2D eigenvalue weighted by Gasteiger charge is -2.17. The summed E-state index contributed by atoms with van der Waals surface area (Å²) < 4.78 is 16.0. The van der Waals surface area contributed by atoms with E-state index in [4.69, 9.17) is 0 Å². The summed E-state index contributed by atoms with van der Waals surface area (Å²) in [5.74, 6) is -0.197. The molecule has 0 aliphatic carbocycles. The van der Waals surface area contributed by atoms with E-state index in [0.29, 0.717) is 18.5 Å². The largest absolute Gasteiger partial charge is 0.356 e. The number of rotatable bonds is 3. The maximum Gasteiger partial charge on any atom is 0.227 e. The van der Waals surface area contributed by atoms with Crippen molar-refractivity contribution >= 4 is 16.8 Å². The summed E-state index contributed by atoms with van der Waals surface area (Å²) in [6.07, 6.45) is 1.20. The van der Waals surface area contributed by atoms with E-state index in [2.05, 4.69) is 16.1 Å². The first-order chi connectivity index (χ1) is 12.4. The molecule has 3 aromatic rings. The van der Waals surface area contributed by atoms with Crippen molar-refractivity contribution in [1.82, 2.24) is 19.7 Å². The van der Waals surface area contributed by atoms with Crippen molar-refractivity contribution in [2.45, 2.75) is 39.7 Å². The Morgan fingerprint density at radius 2 is 2.15 bits per heavy atom. The molecule has 1 saturated heterocycles. The molecular formula is C20H23FN4O. The molecule has 0 saturated carbocycles. The summed E-state index contributed by atoms with van der Waals surface area (Å²) >= 11 is 0. The van der Waals surface area contributed by atoms with E-state index >= 15 is 0 Å². The number of likely N-dealkylation sites (tertiary alicyclic amines) is 1. The van der Waals surface area contributed by atoms with Crippen molar-refractivity contribution in [3.8, 4) is 0 Å². The van der Waals surface area contributed by atoms with Crippen LogP contribution >= 0.6 is 0 Å². The number of para-hydroxylation sites is 1. The number of aromatic nitrogens is 3. The van der Waals surface area contributed by atoms with E-state index in [1.54, 1.807) is 6.07 Å².